The Morgan fingerprint density at radius 2 is 2.14 bits per heavy atom. The molecule has 0 amide bonds. The first kappa shape index (κ1) is 8.06. The maximum absolute atomic E-state index is 3.35. The van der Waals surface area contributed by atoms with Gasteiger partial charge in [-0.25, -0.2) is 0 Å². The van der Waals surface area contributed by atoms with Crippen LogP contribution in [0.5, 0.6) is 0 Å². The lowest BCUT2D eigenvalue weighted by Gasteiger charge is -2.00. The van der Waals surface area contributed by atoms with Crippen LogP contribution in [0.15, 0.2) is 24.3 Å². The molecule has 72 valence electrons. The van der Waals surface area contributed by atoms with Gasteiger partial charge in [0, 0.05) is 30.2 Å². The van der Waals surface area contributed by atoms with Crippen LogP contribution in [0, 0.1) is 6.92 Å². The summed E-state index contributed by atoms with van der Waals surface area (Å²) in [7, 11) is 2.15. The number of aryl methyl sites for hydroxylation is 2. The topological polar surface area (TPSA) is 26.9 Å². The van der Waals surface area contributed by atoms with Gasteiger partial charge in [0.25, 0.3) is 0 Å². The minimum atomic E-state index is 0.590. The lowest BCUT2D eigenvalue weighted by molar-refractivity contribution is 0.848. The molecular formula is C12H14N2. The van der Waals surface area contributed by atoms with Gasteiger partial charge < -0.3 is 9.88 Å². The van der Waals surface area contributed by atoms with Crippen LogP contribution < -0.4 is 5.32 Å². The largest absolute Gasteiger partial charge is 0.346 e. The molecule has 1 fully saturated rings. The molecule has 0 spiro atoms. The predicted octanol–water partition coefficient (Wildman–Crippen LogP) is 2.13. The Balaban J connectivity index is 2.28. The molecular weight excluding hydrogens is 172 g/mol. The molecule has 0 aliphatic carbocycles. The molecule has 1 N–H and O–H groups in total. The first-order valence-corrected chi connectivity index (χ1v) is 5.05. The third kappa shape index (κ3) is 1.07. The highest BCUT2D eigenvalue weighted by Gasteiger charge is 2.25. The molecule has 0 bridgehead atoms. The van der Waals surface area contributed by atoms with Gasteiger partial charge in [0.2, 0.25) is 0 Å². The van der Waals surface area contributed by atoms with Crippen molar-refractivity contribution in [3.8, 4) is 0 Å². The van der Waals surface area contributed by atoms with E-state index in [4.69, 9.17) is 0 Å². The lowest BCUT2D eigenvalue weighted by Crippen LogP contribution is -1.95. The van der Waals surface area contributed by atoms with Crippen molar-refractivity contribution in [2.75, 3.05) is 6.54 Å². The molecule has 1 aliphatic heterocycles. The number of nitrogens with zero attached hydrogens (tertiary/aromatic N) is 1. The fourth-order valence-electron chi connectivity index (χ4n) is 2.09. The number of aromatic nitrogens is 1. The molecule has 1 aliphatic rings. The molecule has 3 rings (SSSR count). The Bertz CT molecular complexity index is 492. The third-order valence-corrected chi connectivity index (χ3v) is 3.00. The zero-order valence-corrected chi connectivity index (χ0v) is 8.54. The van der Waals surface area contributed by atoms with E-state index in [9.17, 15) is 0 Å². The van der Waals surface area contributed by atoms with E-state index in [0.717, 1.165) is 6.54 Å². The van der Waals surface area contributed by atoms with Crippen LogP contribution in [0.4, 0.5) is 0 Å². The minimum absolute atomic E-state index is 0.590. The van der Waals surface area contributed by atoms with Crippen LogP contribution in [0.2, 0.25) is 0 Å². The zero-order valence-electron chi connectivity index (χ0n) is 8.54. The molecule has 2 heteroatoms. The van der Waals surface area contributed by atoms with Gasteiger partial charge in [-0.2, -0.15) is 0 Å². The Morgan fingerprint density at radius 3 is 2.86 bits per heavy atom. The van der Waals surface area contributed by atoms with Crippen LogP contribution in [0.3, 0.4) is 0 Å². The van der Waals surface area contributed by atoms with Crippen LogP contribution in [0.1, 0.15) is 17.3 Å². The van der Waals surface area contributed by atoms with E-state index in [1.54, 1.807) is 0 Å². The summed E-state index contributed by atoms with van der Waals surface area (Å²) in [6.45, 7) is 3.27. The van der Waals surface area contributed by atoms with Gasteiger partial charge in [0.05, 0.1) is 6.04 Å². The normalized spacial score (nSPS) is 20.3. The molecule has 1 aromatic carbocycles. The van der Waals surface area contributed by atoms with E-state index >= 15 is 0 Å². The van der Waals surface area contributed by atoms with Crippen molar-refractivity contribution >= 4 is 10.9 Å². The lowest BCUT2D eigenvalue weighted by atomic mass is 10.2. The molecule has 14 heavy (non-hydrogen) atoms. The third-order valence-electron chi connectivity index (χ3n) is 3.00. The van der Waals surface area contributed by atoms with Crippen LogP contribution in [-0.2, 0) is 7.05 Å². The highest BCUT2D eigenvalue weighted by molar-refractivity contribution is 5.82. The Morgan fingerprint density at radius 1 is 1.36 bits per heavy atom. The first-order chi connectivity index (χ1) is 6.75. The smallest absolute Gasteiger partial charge is 0.0602 e. The summed E-state index contributed by atoms with van der Waals surface area (Å²) in [5.41, 5.74) is 4.07. The van der Waals surface area contributed by atoms with Crippen LogP contribution >= 0.6 is 0 Å². The Kier molecular flexibility index (Phi) is 1.50. The second-order valence-electron chi connectivity index (χ2n) is 4.15. The first-order valence-electron chi connectivity index (χ1n) is 5.05. The average Bonchev–Trinajstić information content (AvgIpc) is 2.93. The Labute approximate surface area is 83.5 Å². The van der Waals surface area contributed by atoms with Gasteiger partial charge in [-0.1, -0.05) is 11.6 Å². The van der Waals surface area contributed by atoms with Crippen LogP contribution in [0.25, 0.3) is 10.9 Å². The molecule has 0 radical (unpaired) electrons. The SMILES string of the molecule is Cc1ccc2c(c1)cc([C@H]1CN1)n2C. The van der Waals surface area contributed by atoms with Crippen molar-refractivity contribution in [1.29, 1.82) is 0 Å². The monoisotopic (exact) mass is 186 g/mol. The van der Waals surface area contributed by atoms with Crippen molar-refractivity contribution < 1.29 is 0 Å². The number of benzene rings is 1. The standard InChI is InChI=1S/C12H14N2/c1-8-3-4-11-9(5-8)6-12(14(11)2)10-7-13-10/h3-6,10,13H,7H2,1-2H3/t10-/m1/s1. The molecule has 2 aromatic rings. The van der Waals surface area contributed by atoms with Gasteiger partial charge >= 0.3 is 0 Å². The second-order valence-corrected chi connectivity index (χ2v) is 4.15. The summed E-state index contributed by atoms with van der Waals surface area (Å²) in [5.74, 6) is 0. The molecule has 1 saturated heterocycles. The summed E-state index contributed by atoms with van der Waals surface area (Å²) >= 11 is 0. The van der Waals surface area contributed by atoms with E-state index in [1.807, 2.05) is 0 Å². The van der Waals surface area contributed by atoms with Crippen molar-refractivity contribution in [2.45, 2.75) is 13.0 Å². The number of hydrogen-bond donors (Lipinski definition) is 1. The highest BCUT2D eigenvalue weighted by Crippen LogP contribution is 2.28. The summed E-state index contributed by atoms with van der Waals surface area (Å²) < 4.78 is 2.29. The van der Waals surface area contributed by atoms with Crippen molar-refractivity contribution in [2.24, 2.45) is 7.05 Å². The van der Waals surface area contributed by atoms with Gasteiger partial charge in [-0.05, 0) is 25.1 Å². The van der Waals surface area contributed by atoms with E-state index in [-0.39, 0.29) is 0 Å². The summed E-state index contributed by atoms with van der Waals surface area (Å²) in [6, 6.07) is 9.52. The highest BCUT2D eigenvalue weighted by atomic mass is 15.1. The van der Waals surface area contributed by atoms with Crippen molar-refractivity contribution in [3.63, 3.8) is 0 Å². The minimum Gasteiger partial charge on any atom is -0.346 e. The van der Waals surface area contributed by atoms with Gasteiger partial charge in [-0.3, -0.25) is 0 Å². The number of nitrogens with one attached hydrogen (secondary N) is 1. The van der Waals surface area contributed by atoms with Crippen molar-refractivity contribution in [3.05, 3.63) is 35.5 Å². The molecule has 0 unspecified atom stereocenters. The summed E-state index contributed by atoms with van der Waals surface area (Å²) in [6.07, 6.45) is 0. The van der Waals surface area contributed by atoms with Crippen LogP contribution in [-0.4, -0.2) is 11.1 Å². The van der Waals surface area contributed by atoms with Gasteiger partial charge in [-0.15, -0.1) is 0 Å². The fourth-order valence-corrected chi connectivity index (χ4v) is 2.09. The van der Waals surface area contributed by atoms with Gasteiger partial charge in [0.1, 0.15) is 0 Å². The molecule has 1 atom stereocenters. The number of fused-ring (bicyclic) bond motifs is 1. The summed E-state index contributed by atoms with van der Waals surface area (Å²) in [4.78, 5) is 0. The Hall–Kier alpha value is -1.28. The molecule has 0 saturated carbocycles. The fraction of sp³-hybridized carbons (Fsp3) is 0.333. The number of hydrogen-bond acceptors (Lipinski definition) is 1. The van der Waals surface area contributed by atoms with Crippen molar-refractivity contribution in [1.82, 2.24) is 9.88 Å². The van der Waals surface area contributed by atoms with E-state index in [0.29, 0.717) is 6.04 Å². The molecule has 2 nitrogen and oxygen atoms in total. The number of rotatable bonds is 1. The van der Waals surface area contributed by atoms with E-state index < -0.39 is 0 Å². The second kappa shape index (κ2) is 2.61. The zero-order chi connectivity index (χ0) is 9.71. The van der Waals surface area contributed by atoms with Gasteiger partial charge in [0.15, 0.2) is 0 Å². The molecule has 2 heterocycles. The predicted molar refractivity (Wildman–Crippen MR) is 58.4 cm³/mol. The van der Waals surface area contributed by atoms with E-state index in [2.05, 4.69) is 48.1 Å². The quantitative estimate of drug-likeness (QED) is 0.679. The van der Waals surface area contributed by atoms with E-state index in [1.165, 1.54) is 22.2 Å². The maximum Gasteiger partial charge on any atom is 0.0602 e. The summed E-state index contributed by atoms with van der Waals surface area (Å²) in [5, 5.41) is 4.70. The average molecular weight is 186 g/mol. The maximum atomic E-state index is 3.35. The molecule has 1 aromatic heterocycles.